The van der Waals surface area contributed by atoms with Gasteiger partial charge in [-0.15, -0.1) is 4.40 Å². The number of nitro groups is 1. The van der Waals surface area contributed by atoms with Crippen LogP contribution in [-0.4, -0.2) is 19.2 Å². The molecule has 0 bridgehead atoms. The van der Waals surface area contributed by atoms with Gasteiger partial charge in [0.25, 0.3) is 15.7 Å². The Balaban J connectivity index is 1.90. The Morgan fingerprint density at radius 2 is 1.52 bits per heavy atom. The molecule has 0 aromatic heterocycles. The molecule has 0 spiro atoms. The summed E-state index contributed by atoms with van der Waals surface area (Å²) in [6, 6.07) is 13.6. The molecule has 3 rings (SSSR count). The van der Waals surface area contributed by atoms with Crippen molar-refractivity contribution in [2.75, 3.05) is 0 Å². The van der Waals surface area contributed by atoms with Crippen LogP contribution in [0.2, 0.25) is 15.1 Å². The lowest BCUT2D eigenvalue weighted by Crippen LogP contribution is -2.16. The Kier molecular flexibility index (Phi) is 6.71. The van der Waals surface area contributed by atoms with Gasteiger partial charge in [0.05, 0.1) is 19.9 Å². The largest absolute Gasteiger partial charge is 0.454 e. The minimum atomic E-state index is -4.24. The maximum absolute atomic E-state index is 12.6. The lowest BCUT2D eigenvalue weighted by atomic mass is 10.2. The summed E-state index contributed by atoms with van der Waals surface area (Å²) >= 11 is 18.1. The Hall–Kier alpha value is -2.85. The Labute approximate surface area is 192 Å². The van der Waals surface area contributed by atoms with Crippen molar-refractivity contribution >= 4 is 56.3 Å². The van der Waals surface area contributed by atoms with Gasteiger partial charge in [0, 0.05) is 22.7 Å². The monoisotopic (exact) mass is 499 g/mol. The molecule has 0 aliphatic heterocycles. The van der Waals surface area contributed by atoms with E-state index in [-0.39, 0.29) is 38.0 Å². The van der Waals surface area contributed by atoms with Crippen molar-refractivity contribution in [1.29, 1.82) is 0 Å². The van der Waals surface area contributed by atoms with Gasteiger partial charge in [-0.2, -0.15) is 8.42 Å². The smallest absolute Gasteiger partial charge is 0.284 e. The van der Waals surface area contributed by atoms with E-state index in [4.69, 9.17) is 45.3 Å². The second kappa shape index (κ2) is 9.11. The van der Waals surface area contributed by atoms with Crippen LogP contribution in [0.15, 0.2) is 70.0 Å². The molecule has 12 heteroatoms. The molecule has 0 saturated heterocycles. The first-order valence-electron chi connectivity index (χ1n) is 8.34. The molecule has 0 amide bonds. The van der Waals surface area contributed by atoms with Crippen molar-refractivity contribution < 1.29 is 18.1 Å². The van der Waals surface area contributed by atoms with E-state index < -0.39 is 14.9 Å². The number of benzene rings is 3. The van der Waals surface area contributed by atoms with Crippen LogP contribution in [0.1, 0.15) is 5.56 Å². The van der Waals surface area contributed by atoms with Crippen molar-refractivity contribution in [3.8, 4) is 11.5 Å². The number of sulfonamides is 1. The van der Waals surface area contributed by atoms with Gasteiger partial charge >= 0.3 is 0 Å². The van der Waals surface area contributed by atoms with Gasteiger partial charge in [-0.05, 0) is 48.5 Å². The summed E-state index contributed by atoms with van der Waals surface area (Å²) in [6.45, 7) is 0. The molecule has 160 valence electrons. The van der Waals surface area contributed by atoms with Crippen LogP contribution in [0.25, 0.3) is 0 Å². The van der Waals surface area contributed by atoms with Crippen LogP contribution in [0.5, 0.6) is 11.5 Å². The predicted molar refractivity (Wildman–Crippen MR) is 119 cm³/mol. The molecule has 2 N–H and O–H groups in total. The minimum Gasteiger partial charge on any atom is -0.454 e. The van der Waals surface area contributed by atoms with Crippen molar-refractivity contribution in [2.24, 2.45) is 10.1 Å². The van der Waals surface area contributed by atoms with E-state index in [0.717, 1.165) is 12.1 Å². The first-order chi connectivity index (χ1) is 14.6. The Morgan fingerprint density at radius 3 is 2.03 bits per heavy atom. The van der Waals surface area contributed by atoms with Gasteiger partial charge in [0.1, 0.15) is 11.6 Å². The van der Waals surface area contributed by atoms with Crippen LogP contribution >= 0.6 is 34.8 Å². The van der Waals surface area contributed by atoms with Crippen LogP contribution in [0, 0.1) is 10.1 Å². The lowest BCUT2D eigenvalue weighted by molar-refractivity contribution is -0.384. The van der Waals surface area contributed by atoms with Crippen LogP contribution < -0.4 is 10.5 Å². The van der Waals surface area contributed by atoms with Gasteiger partial charge in [-0.3, -0.25) is 10.1 Å². The average Bonchev–Trinajstić information content (AvgIpc) is 2.71. The molecule has 0 saturated carbocycles. The summed E-state index contributed by atoms with van der Waals surface area (Å²) in [5.74, 6) is -0.0454. The highest BCUT2D eigenvalue weighted by Crippen LogP contribution is 2.39. The third-order valence-corrected chi connectivity index (χ3v) is 5.98. The zero-order valence-electron chi connectivity index (χ0n) is 15.3. The van der Waals surface area contributed by atoms with E-state index >= 15 is 0 Å². The normalized spacial score (nSPS) is 11.9. The SMILES string of the molecule is NC(=NS(=O)(=O)c1cc(Cl)c(Oc2ccc([N+](=O)[O-])cc2)c(Cl)c1)c1ccc(Cl)cc1. The molecule has 31 heavy (non-hydrogen) atoms. The first kappa shape index (κ1) is 22.8. The molecule has 8 nitrogen and oxygen atoms in total. The van der Waals surface area contributed by atoms with E-state index in [1.165, 1.54) is 36.4 Å². The molecule has 0 unspecified atom stereocenters. The Morgan fingerprint density at radius 1 is 0.968 bits per heavy atom. The van der Waals surface area contributed by atoms with E-state index in [9.17, 15) is 18.5 Å². The van der Waals surface area contributed by atoms with Crippen LogP contribution in [-0.2, 0) is 10.0 Å². The molecular weight excluding hydrogens is 489 g/mol. The van der Waals surface area contributed by atoms with Crippen LogP contribution in [0.3, 0.4) is 0 Å². The molecule has 0 aliphatic rings. The number of nitro benzene ring substituents is 1. The summed E-state index contributed by atoms with van der Waals surface area (Å²) in [4.78, 5) is 9.88. The van der Waals surface area contributed by atoms with E-state index in [0.29, 0.717) is 10.6 Å². The van der Waals surface area contributed by atoms with Crippen molar-refractivity contribution in [2.45, 2.75) is 4.90 Å². The molecule has 0 atom stereocenters. The topological polar surface area (TPSA) is 125 Å². The maximum atomic E-state index is 12.6. The summed E-state index contributed by atoms with van der Waals surface area (Å²) in [7, 11) is -4.24. The van der Waals surface area contributed by atoms with Gasteiger partial charge in [-0.1, -0.05) is 34.8 Å². The van der Waals surface area contributed by atoms with Gasteiger partial charge < -0.3 is 10.5 Å². The first-order valence-corrected chi connectivity index (χ1v) is 10.9. The fourth-order valence-corrected chi connectivity index (χ4v) is 4.22. The zero-order valence-corrected chi connectivity index (χ0v) is 18.4. The maximum Gasteiger partial charge on any atom is 0.284 e. The van der Waals surface area contributed by atoms with Crippen molar-refractivity contribution in [3.63, 3.8) is 0 Å². The van der Waals surface area contributed by atoms with Crippen molar-refractivity contribution in [1.82, 2.24) is 0 Å². The molecule has 0 fully saturated rings. The molecule has 3 aromatic carbocycles. The number of amidine groups is 1. The molecule has 0 heterocycles. The Bertz CT molecular complexity index is 1260. The summed E-state index contributed by atoms with van der Waals surface area (Å²) in [5, 5.41) is 11.0. The van der Waals surface area contributed by atoms with Gasteiger partial charge in [0.2, 0.25) is 0 Å². The molecular formula is C19H12Cl3N3O5S. The standard InChI is InChI=1S/C19H12Cl3N3O5S/c20-12-3-1-11(2-4-12)19(23)24-31(28,29)15-9-16(21)18(17(22)10-15)30-14-7-5-13(6-8-14)25(26)27/h1-10H,(H2,23,24). The highest BCUT2D eigenvalue weighted by molar-refractivity contribution is 7.90. The summed E-state index contributed by atoms with van der Waals surface area (Å²) in [5.41, 5.74) is 6.04. The number of hydrogen-bond donors (Lipinski definition) is 1. The highest BCUT2D eigenvalue weighted by atomic mass is 35.5. The zero-order chi connectivity index (χ0) is 22.8. The van der Waals surface area contributed by atoms with Crippen molar-refractivity contribution in [3.05, 3.63) is 91.4 Å². The lowest BCUT2D eigenvalue weighted by Gasteiger charge is -2.11. The number of rotatable bonds is 6. The fraction of sp³-hybridized carbons (Fsp3) is 0. The van der Waals surface area contributed by atoms with E-state index in [1.807, 2.05) is 0 Å². The highest BCUT2D eigenvalue weighted by Gasteiger charge is 2.20. The predicted octanol–water partition coefficient (Wildman–Crippen LogP) is 5.44. The summed E-state index contributed by atoms with van der Waals surface area (Å²) in [6.07, 6.45) is 0. The second-order valence-electron chi connectivity index (χ2n) is 6.03. The van der Waals surface area contributed by atoms with Gasteiger partial charge in [-0.25, -0.2) is 0 Å². The summed E-state index contributed by atoms with van der Waals surface area (Å²) < 4.78 is 34.4. The van der Waals surface area contributed by atoms with E-state index in [2.05, 4.69) is 4.40 Å². The quantitative estimate of drug-likeness (QED) is 0.208. The number of halogens is 3. The fourth-order valence-electron chi connectivity index (χ4n) is 2.39. The molecule has 0 radical (unpaired) electrons. The number of nitrogens with two attached hydrogens (primary N) is 1. The molecule has 3 aromatic rings. The number of hydrogen-bond acceptors (Lipinski definition) is 5. The van der Waals surface area contributed by atoms with Gasteiger partial charge in [0.15, 0.2) is 5.75 Å². The second-order valence-corrected chi connectivity index (χ2v) is 8.88. The third kappa shape index (κ3) is 5.45. The number of nitrogens with zero attached hydrogens (tertiary/aromatic N) is 2. The van der Waals surface area contributed by atoms with Crippen LogP contribution in [0.4, 0.5) is 5.69 Å². The van der Waals surface area contributed by atoms with E-state index in [1.54, 1.807) is 12.1 Å². The number of ether oxygens (including phenoxy) is 1. The average molecular weight is 501 g/mol. The molecule has 0 aliphatic carbocycles. The number of non-ortho nitro benzene ring substituents is 1. The minimum absolute atomic E-state index is 0.0224. The third-order valence-electron chi connectivity index (χ3n) is 3.90.